The summed E-state index contributed by atoms with van der Waals surface area (Å²) in [5.74, 6) is 1.07. The molecule has 0 radical (unpaired) electrons. The second-order valence-corrected chi connectivity index (χ2v) is 6.40. The first-order chi connectivity index (χ1) is 9.16. The van der Waals surface area contributed by atoms with Gasteiger partial charge in [-0.25, -0.2) is 4.98 Å². The molecule has 1 aliphatic heterocycles. The molecule has 1 amide bonds. The van der Waals surface area contributed by atoms with Crippen LogP contribution in [0.1, 0.15) is 42.5 Å². The van der Waals surface area contributed by atoms with Crippen molar-refractivity contribution in [3.05, 3.63) is 22.3 Å². The van der Waals surface area contributed by atoms with Gasteiger partial charge in [-0.05, 0) is 53.6 Å². The van der Waals surface area contributed by atoms with Gasteiger partial charge in [-0.2, -0.15) is 0 Å². The zero-order chi connectivity index (χ0) is 13.4. The van der Waals surface area contributed by atoms with Crippen LogP contribution in [0.15, 0.2) is 16.7 Å². The molecule has 1 aliphatic carbocycles. The van der Waals surface area contributed by atoms with E-state index in [1.807, 2.05) is 4.90 Å². The molecular formula is C14H18BrN3O. The van der Waals surface area contributed by atoms with Crippen molar-refractivity contribution in [2.24, 2.45) is 5.92 Å². The number of halogens is 1. The quantitative estimate of drug-likeness (QED) is 0.864. The molecule has 19 heavy (non-hydrogen) atoms. The Morgan fingerprint density at radius 3 is 3.00 bits per heavy atom. The van der Waals surface area contributed by atoms with Gasteiger partial charge in [-0.1, -0.05) is 6.42 Å². The van der Waals surface area contributed by atoms with E-state index in [0.717, 1.165) is 23.9 Å². The van der Waals surface area contributed by atoms with E-state index in [4.69, 9.17) is 5.73 Å². The van der Waals surface area contributed by atoms with Crippen LogP contribution in [0, 0.1) is 5.92 Å². The van der Waals surface area contributed by atoms with Gasteiger partial charge in [0, 0.05) is 23.3 Å². The van der Waals surface area contributed by atoms with Gasteiger partial charge < -0.3 is 10.6 Å². The van der Waals surface area contributed by atoms with Crippen LogP contribution in [0.5, 0.6) is 0 Å². The van der Waals surface area contributed by atoms with E-state index in [1.54, 1.807) is 12.3 Å². The summed E-state index contributed by atoms with van der Waals surface area (Å²) in [7, 11) is 0. The van der Waals surface area contributed by atoms with Crippen molar-refractivity contribution in [3.63, 3.8) is 0 Å². The zero-order valence-corrected chi connectivity index (χ0v) is 12.4. The molecule has 2 N–H and O–H groups in total. The minimum atomic E-state index is 0.0444. The Labute approximate surface area is 121 Å². The molecule has 2 aliphatic rings. The number of nitrogens with two attached hydrogens (primary N) is 1. The van der Waals surface area contributed by atoms with E-state index < -0.39 is 0 Å². The normalized spacial score (nSPS) is 26.3. The Bertz CT molecular complexity index is 505. The molecule has 2 unspecified atom stereocenters. The van der Waals surface area contributed by atoms with Gasteiger partial charge in [0.1, 0.15) is 5.82 Å². The van der Waals surface area contributed by atoms with Gasteiger partial charge in [0.2, 0.25) is 0 Å². The Kier molecular flexibility index (Phi) is 3.48. The topological polar surface area (TPSA) is 59.2 Å². The Balaban J connectivity index is 1.88. The van der Waals surface area contributed by atoms with Crippen molar-refractivity contribution >= 4 is 27.7 Å². The average Bonchev–Trinajstić information content (AvgIpc) is 2.89. The van der Waals surface area contributed by atoms with Gasteiger partial charge in [0.15, 0.2) is 0 Å². The van der Waals surface area contributed by atoms with Gasteiger partial charge in [0.05, 0.1) is 5.56 Å². The number of nitrogens with zero attached hydrogens (tertiary/aromatic N) is 2. The fourth-order valence-corrected chi connectivity index (χ4v) is 3.81. The number of aromatic nitrogens is 1. The Hall–Kier alpha value is -1.10. The molecule has 102 valence electrons. The fourth-order valence-electron chi connectivity index (χ4n) is 3.48. The van der Waals surface area contributed by atoms with Crippen molar-refractivity contribution in [3.8, 4) is 0 Å². The molecule has 4 nitrogen and oxygen atoms in total. The van der Waals surface area contributed by atoms with Gasteiger partial charge >= 0.3 is 0 Å². The number of carbonyl (C=O) groups is 1. The molecule has 1 saturated carbocycles. The van der Waals surface area contributed by atoms with E-state index in [1.165, 1.54) is 19.3 Å². The minimum absolute atomic E-state index is 0.0444. The first-order valence-corrected chi connectivity index (χ1v) is 7.68. The first kappa shape index (κ1) is 12.9. The maximum Gasteiger partial charge on any atom is 0.257 e. The van der Waals surface area contributed by atoms with Crippen molar-refractivity contribution in [1.29, 1.82) is 0 Å². The van der Waals surface area contributed by atoms with Crippen LogP contribution in [0.4, 0.5) is 5.82 Å². The number of carbonyl (C=O) groups excluding carboxylic acids is 1. The van der Waals surface area contributed by atoms with Crippen LogP contribution in [-0.4, -0.2) is 28.4 Å². The highest BCUT2D eigenvalue weighted by Crippen LogP contribution is 2.37. The second kappa shape index (κ2) is 5.12. The standard InChI is InChI=1S/C14H18BrN3O/c15-10-7-11(13(16)17-8-10)14(19)18-6-2-4-9-3-1-5-12(9)18/h7-9,12H,1-6H2,(H2,16,17). The molecule has 2 heterocycles. The SMILES string of the molecule is Nc1ncc(Br)cc1C(=O)N1CCCC2CCCC21. The van der Waals surface area contributed by atoms with Crippen LogP contribution in [0.25, 0.3) is 0 Å². The monoisotopic (exact) mass is 323 g/mol. The number of amides is 1. The molecule has 1 saturated heterocycles. The van der Waals surface area contributed by atoms with E-state index in [-0.39, 0.29) is 5.91 Å². The minimum Gasteiger partial charge on any atom is -0.383 e. The maximum absolute atomic E-state index is 12.7. The summed E-state index contributed by atoms with van der Waals surface area (Å²) < 4.78 is 0.796. The van der Waals surface area contributed by atoms with Gasteiger partial charge in [0.25, 0.3) is 5.91 Å². The Morgan fingerprint density at radius 1 is 1.37 bits per heavy atom. The molecular weight excluding hydrogens is 306 g/mol. The highest BCUT2D eigenvalue weighted by atomic mass is 79.9. The first-order valence-electron chi connectivity index (χ1n) is 6.89. The third-order valence-electron chi connectivity index (χ3n) is 4.37. The summed E-state index contributed by atoms with van der Waals surface area (Å²) in [5, 5.41) is 0. The summed E-state index contributed by atoms with van der Waals surface area (Å²) >= 11 is 3.36. The molecule has 0 bridgehead atoms. The fraction of sp³-hybridized carbons (Fsp3) is 0.571. The molecule has 1 aromatic heterocycles. The van der Waals surface area contributed by atoms with Crippen LogP contribution in [0.3, 0.4) is 0 Å². The number of rotatable bonds is 1. The molecule has 0 spiro atoms. The number of nitrogen functional groups attached to an aromatic ring is 1. The lowest BCUT2D eigenvalue weighted by molar-refractivity contribution is 0.0549. The summed E-state index contributed by atoms with van der Waals surface area (Å²) in [6.07, 6.45) is 7.64. The van der Waals surface area contributed by atoms with E-state index >= 15 is 0 Å². The van der Waals surface area contributed by atoms with Crippen LogP contribution < -0.4 is 5.73 Å². The molecule has 3 rings (SSSR count). The predicted molar refractivity (Wildman–Crippen MR) is 77.7 cm³/mol. The third-order valence-corrected chi connectivity index (χ3v) is 4.80. The van der Waals surface area contributed by atoms with Crippen molar-refractivity contribution in [2.45, 2.75) is 38.1 Å². The summed E-state index contributed by atoms with van der Waals surface area (Å²) in [6.45, 7) is 0.853. The highest BCUT2D eigenvalue weighted by molar-refractivity contribution is 9.10. The third kappa shape index (κ3) is 2.36. The van der Waals surface area contributed by atoms with Crippen LogP contribution in [-0.2, 0) is 0 Å². The summed E-state index contributed by atoms with van der Waals surface area (Å²) in [5.41, 5.74) is 6.38. The number of piperidine rings is 1. The number of fused-ring (bicyclic) bond motifs is 1. The zero-order valence-electron chi connectivity index (χ0n) is 10.8. The van der Waals surface area contributed by atoms with E-state index in [9.17, 15) is 4.79 Å². The lowest BCUT2D eigenvalue weighted by atomic mass is 9.91. The van der Waals surface area contributed by atoms with Crippen molar-refractivity contribution in [2.75, 3.05) is 12.3 Å². The molecule has 1 aromatic rings. The number of likely N-dealkylation sites (tertiary alicyclic amines) is 1. The van der Waals surface area contributed by atoms with Gasteiger partial charge in [-0.3, -0.25) is 4.79 Å². The Morgan fingerprint density at radius 2 is 2.16 bits per heavy atom. The molecule has 0 aromatic carbocycles. The van der Waals surface area contributed by atoms with E-state index in [0.29, 0.717) is 23.3 Å². The lowest BCUT2D eigenvalue weighted by Crippen LogP contribution is -2.46. The van der Waals surface area contributed by atoms with Crippen LogP contribution >= 0.6 is 15.9 Å². The number of hydrogen-bond donors (Lipinski definition) is 1. The van der Waals surface area contributed by atoms with Crippen LogP contribution in [0.2, 0.25) is 0 Å². The predicted octanol–water partition coefficient (Wildman–Crippen LogP) is 2.83. The second-order valence-electron chi connectivity index (χ2n) is 5.49. The summed E-state index contributed by atoms with van der Waals surface area (Å²) in [6, 6.07) is 2.20. The van der Waals surface area contributed by atoms with E-state index in [2.05, 4.69) is 20.9 Å². The molecule has 5 heteroatoms. The summed E-state index contributed by atoms with van der Waals surface area (Å²) in [4.78, 5) is 18.8. The molecule has 2 fully saturated rings. The number of pyridine rings is 1. The number of anilines is 1. The molecule has 2 atom stereocenters. The average molecular weight is 324 g/mol. The number of hydrogen-bond acceptors (Lipinski definition) is 3. The van der Waals surface area contributed by atoms with Crippen molar-refractivity contribution < 1.29 is 4.79 Å². The highest BCUT2D eigenvalue weighted by Gasteiger charge is 2.38. The largest absolute Gasteiger partial charge is 0.383 e. The lowest BCUT2D eigenvalue weighted by Gasteiger charge is -2.38. The smallest absolute Gasteiger partial charge is 0.257 e. The van der Waals surface area contributed by atoms with Gasteiger partial charge in [-0.15, -0.1) is 0 Å². The van der Waals surface area contributed by atoms with Crippen molar-refractivity contribution in [1.82, 2.24) is 9.88 Å². The maximum atomic E-state index is 12.7.